The van der Waals surface area contributed by atoms with Gasteiger partial charge in [0.25, 0.3) is 0 Å². The van der Waals surface area contributed by atoms with E-state index in [1.165, 1.54) is 62.3 Å². The molecule has 0 aromatic heterocycles. The number of alkyl halides is 3. The van der Waals surface area contributed by atoms with Gasteiger partial charge in [-0.3, -0.25) is 0 Å². The largest absolute Gasteiger partial charge is 0.573 e. The molecule has 34 heavy (non-hydrogen) atoms. The van der Waals surface area contributed by atoms with Crippen LogP contribution in [-0.4, -0.2) is 6.36 Å². The van der Waals surface area contributed by atoms with E-state index in [4.69, 9.17) is 0 Å². The second kappa shape index (κ2) is 10.2. The van der Waals surface area contributed by atoms with Crippen molar-refractivity contribution in [1.82, 2.24) is 0 Å². The van der Waals surface area contributed by atoms with Crippen molar-refractivity contribution in [3.63, 3.8) is 0 Å². The van der Waals surface area contributed by atoms with E-state index in [2.05, 4.69) is 23.8 Å². The SMILES string of the molecule is CCCC1CCC(c2ccc(-c3ccc(-c4ccc(OC(F)(F)F)c(F)c4)c(F)c3)cc2)CC1. The van der Waals surface area contributed by atoms with Gasteiger partial charge in [-0.25, -0.2) is 8.78 Å². The highest BCUT2D eigenvalue weighted by Crippen LogP contribution is 2.38. The summed E-state index contributed by atoms with van der Waals surface area (Å²) in [5, 5.41) is 0. The lowest BCUT2D eigenvalue weighted by molar-refractivity contribution is -0.275. The molecule has 0 spiro atoms. The van der Waals surface area contributed by atoms with Crippen LogP contribution in [0.25, 0.3) is 22.3 Å². The molecular formula is C28H27F5O. The lowest BCUT2D eigenvalue weighted by Gasteiger charge is -2.28. The highest BCUT2D eigenvalue weighted by atomic mass is 19.4. The van der Waals surface area contributed by atoms with Gasteiger partial charge in [0.1, 0.15) is 5.82 Å². The molecule has 0 amide bonds. The van der Waals surface area contributed by atoms with Crippen molar-refractivity contribution >= 4 is 0 Å². The number of hydrogen-bond acceptors (Lipinski definition) is 1. The van der Waals surface area contributed by atoms with Crippen molar-refractivity contribution in [2.45, 2.75) is 57.7 Å². The standard InChI is InChI=1S/C28H27F5O/c1-2-3-18-4-6-19(7-5-18)20-8-10-21(11-9-20)22-12-14-24(25(29)16-22)23-13-15-27(26(30)17-23)34-28(31,32)33/h8-19H,2-7H2,1H3. The molecule has 1 saturated carbocycles. The molecule has 3 aromatic carbocycles. The summed E-state index contributed by atoms with van der Waals surface area (Å²) in [4.78, 5) is 0. The molecule has 4 rings (SSSR count). The van der Waals surface area contributed by atoms with E-state index in [0.29, 0.717) is 11.5 Å². The predicted molar refractivity (Wildman–Crippen MR) is 124 cm³/mol. The fraction of sp³-hybridized carbons (Fsp3) is 0.357. The Balaban J connectivity index is 1.48. The van der Waals surface area contributed by atoms with Crippen LogP contribution in [0.1, 0.15) is 56.9 Å². The number of rotatable bonds is 6. The molecule has 0 saturated heterocycles. The van der Waals surface area contributed by atoms with Crippen LogP contribution in [-0.2, 0) is 0 Å². The summed E-state index contributed by atoms with van der Waals surface area (Å²) in [5.41, 5.74) is 3.09. The smallest absolute Gasteiger partial charge is 0.403 e. The van der Waals surface area contributed by atoms with Crippen LogP contribution in [0.2, 0.25) is 0 Å². The molecule has 3 aromatic rings. The van der Waals surface area contributed by atoms with E-state index < -0.39 is 23.7 Å². The molecule has 0 atom stereocenters. The molecule has 0 unspecified atom stereocenters. The molecule has 0 N–H and O–H groups in total. The summed E-state index contributed by atoms with van der Waals surface area (Å²) in [6.07, 6.45) is 2.51. The Morgan fingerprint density at radius 3 is 1.97 bits per heavy atom. The van der Waals surface area contributed by atoms with Gasteiger partial charge in [-0.1, -0.05) is 62.2 Å². The zero-order valence-electron chi connectivity index (χ0n) is 19.0. The number of ether oxygens (including phenoxy) is 1. The normalized spacial score (nSPS) is 18.6. The molecular weight excluding hydrogens is 447 g/mol. The highest BCUT2D eigenvalue weighted by Gasteiger charge is 2.32. The fourth-order valence-corrected chi connectivity index (χ4v) is 4.95. The molecule has 0 heterocycles. The first-order chi connectivity index (χ1) is 16.2. The van der Waals surface area contributed by atoms with Crippen molar-refractivity contribution in [1.29, 1.82) is 0 Å². The van der Waals surface area contributed by atoms with Gasteiger partial charge in [-0.05, 0) is 78.0 Å². The molecule has 1 nitrogen and oxygen atoms in total. The van der Waals surface area contributed by atoms with Gasteiger partial charge >= 0.3 is 6.36 Å². The maximum absolute atomic E-state index is 14.9. The Morgan fingerprint density at radius 2 is 1.38 bits per heavy atom. The van der Waals surface area contributed by atoms with E-state index in [9.17, 15) is 22.0 Å². The molecule has 1 aliphatic rings. The van der Waals surface area contributed by atoms with Gasteiger partial charge < -0.3 is 4.74 Å². The van der Waals surface area contributed by atoms with Crippen LogP contribution in [0, 0.1) is 17.6 Å². The number of hydrogen-bond donors (Lipinski definition) is 0. The first-order valence-corrected chi connectivity index (χ1v) is 11.7. The third-order valence-corrected chi connectivity index (χ3v) is 6.70. The minimum Gasteiger partial charge on any atom is -0.403 e. The Kier molecular flexibility index (Phi) is 7.24. The Morgan fingerprint density at radius 1 is 0.765 bits per heavy atom. The Bertz CT molecular complexity index is 1110. The second-order valence-electron chi connectivity index (χ2n) is 9.02. The minimum atomic E-state index is -5.00. The first kappa shape index (κ1) is 24.2. The molecule has 6 heteroatoms. The van der Waals surface area contributed by atoms with Gasteiger partial charge in [0, 0.05) is 5.56 Å². The average Bonchev–Trinajstić information content (AvgIpc) is 2.80. The van der Waals surface area contributed by atoms with E-state index in [-0.39, 0.29) is 11.1 Å². The summed E-state index contributed by atoms with van der Waals surface area (Å²) < 4.78 is 69.6. The molecule has 0 bridgehead atoms. The maximum atomic E-state index is 14.9. The second-order valence-corrected chi connectivity index (χ2v) is 9.02. The zero-order chi connectivity index (χ0) is 24.3. The van der Waals surface area contributed by atoms with Crippen molar-refractivity contribution in [2.24, 2.45) is 5.92 Å². The van der Waals surface area contributed by atoms with Gasteiger partial charge in [0.05, 0.1) is 0 Å². The quantitative estimate of drug-likeness (QED) is 0.324. The number of benzene rings is 3. The van der Waals surface area contributed by atoms with Crippen LogP contribution >= 0.6 is 0 Å². The van der Waals surface area contributed by atoms with Crippen molar-refractivity contribution in [2.75, 3.05) is 0 Å². The molecule has 180 valence electrons. The van der Waals surface area contributed by atoms with Crippen LogP contribution in [0.3, 0.4) is 0 Å². The molecule has 0 aliphatic heterocycles. The Labute approximate surface area is 196 Å². The van der Waals surface area contributed by atoms with Gasteiger partial charge in [0.15, 0.2) is 11.6 Å². The topological polar surface area (TPSA) is 9.23 Å². The summed E-state index contributed by atoms with van der Waals surface area (Å²) in [5.74, 6) is -1.33. The summed E-state index contributed by atoms with van der Waals surface area (Å²) in [7, 11) is 0. The molecule has 0 radical (unpaired) electrons. The van der Waals surface area contributed by atoms with Crippen LogP contribution in [0.4, 0.5) is 22.0 Å². The molecule has 1 aliphatic carbocycles. The maximum Gasteiger partial charge on any atom is 0.573 e. The van der Waals surface area contributed by atoms with E-state index >= 15 is 0 Å². The van der Waals surface area contributed by atoms with Gasteiger partial charge in [0.2, 0.25) is 0 Å². The lowest BCUT2D eigenvalue weighted by atomic mass is 9.77. The van der Waals surface area contributed by atoms with E-state index in [1.807, 2.05) is 12.1 Å². The summed E-state index contributed by atoms with van der Waals surface area (Å²) >= 11 is 0. The van der Waals surface area contributed by atoms with Crippen molar-refractivity contribution in [3.05, 3.63) is 77.9 Å². The third-order valence-electron chi connectivity index (χ3n) is 6.70. The monoisotopic (exact) mass is 474 g/mol. The predicted octanol–water partition coefficient (Wildman–Crippen LogP) is 9.27. The van der Waals surface area contributed by atoms with Crippen molar-refractivity contribution in [3.8, 4) is 28.0 Å². The van der Waals surface area contributed by atoms with Crippen LogP contribution in [0.5, 0.6) is 5.75 Å². The summed E-state index contributed by atoms with van der Waals surface area (Å²) in [6.45, 7) is 2.24. The van der Waals surface area contributed by atoms with Crippen molar-refractivity contribution < 1.29 is 26.7 Å². The highest BCUT2D eigenvalue weighted by molar-refractivity contribution is 5.71. The van der Waals surface area contributed by atoms with E-state index in [1.54, 1.807) is 6.07 Å². The minimum absolute atomic E-state index is 0.0988. The Hall–Kier alpha value is -2.89. The number of halogens is 5. The zero-order valence-corrected chi connectivity index (χ0v) is 19.0. The third kappa shape index (κ3) is 5.78. The fourth-order valence-electron chi connectivity index (χ4n) is 4.95. The van der Waals surface area contributed by atoms with Crippen LogP contribution < -0.4 is 4.74 Å². The first-order valence-electron chi connectivity index (χ1n) is 11.7. The van der Waals surface area contributed by atoms with E-state index in [0.717, 1.165) is 23.6 Å². The van der Waals surface area contributed by atoms with Crippen LogP contribution in [0.15, 0.2) is 60.7 Å². The summed E-state index contributed by atoms with van der Waals surface area (Å²) in [6, 6.07) is 15.7. The average molecular weight is 475 g/mol. The van der Waals surface area contributed by atoms with Gasteiger partial charge in [-0.15, -0.1) is 13.2 Å². The molecule has 1 fully saturated rings. The van der Waals surface area contributed by atoms with Gasteiger partial charge in [-0.2, -0.15) is 0 Å². The lowest BCUT2D eigenvalue weighted by Crippen LogP contribution is -2.17.